The molecule has 0 unspecified atom stereocenters. The number of hydrogen-bond acceptors (Lipinski definition) is 2. The van der Waals surface area contributed by atoms with Crippen molar-refractivity contribution in [1.29, 1.82) is 0 Å². The van der Waals surface area contributed by atoms with Gasteiger partial charge in [0.1, 0.15) is 5.75 Å². The number of methoxy groups -OCH3 is 1. The fourth-order valence-corrected chi connectivity index (χ4v) is 2.11. The summed E-state index contributed by atoms with van der Waals surface area (Å²) in [6.07, 6.45) is 0. The Hall–Kier alpha value is -2.29. The number of nitrogens with one attached hydrogen (secondary N) is 1. The highest BCUT2D eigenvalue weighted by Crippen LogP contribution is 2.22. The molecule has 20 heavy (non-hydrogen) atoms. The maximum atomic E-state index is 12.4. The second-order valence-electron chi connectivity index (χ2n) is 5.15. The van der Waals surface area contributed by atoms with E-state index in [0.29, 0.717) is 11.3 Å². The molecule has 1 amide bonds. The zero-order chi connectivity index (χ0) is 14.6. The van der Waals surface area contributed by atoms with Crippen LogP contribution in [0.15, 0.2) is 54.6 Å². The number of amides is 1. The van der Waals surface area contributed by atoms with Crippen molar-refractivity contribution in [3.63, 3.8) is 0 Å². The molecule has 0 aliphatic heterocycles. The van der Waals surface area contributed by atoms with E-state index < -0.39 is 5.54 Å². The van der Waals surface area contributed by atoms with E-state index in [-0.39, 0.29) is 5.91 Å². The normalized spacial score (nSPS) is 10.9. The van der Waals surface area contributed by atoms with Crippen molar-refractivity contribution in [1.82, 2.24) is 5.32 Å². The minimum absolute atomic E-state index is 0.142. The molecule has 0 aromatic heterocycles. The quantitative estimate of drug-likeness (QED) is 0.924. The molecule has 0 radical (unpaired) electrons. The lowest BCUT2D eigenvalue weighted by molar-refractivity contribution is 0.0909. The van der Waals surface area contributed by atoms with Gasteiger partial charge in [0.25, 0.3) is 5.91 Å². The van der Waals surface area contributed by atoms with Gasteiger partial charge in [-0.2, -0.15) is 0 Å². The Labute approximate surface area is 119 Å². The molecule has 0 aliphatic rings. The number of carbonyl (C=O) groups is 1. The van der Waals surface area contributed by atoms with Gasteiger partial charge in [-0.1, -0.05) is 42.5 Å². The van der Waals surface area contributed by atoms with Gasteiger partial charge in [-0.05, 0) is 31.5 Å². The largest absolute Gasteiger partial charge is 0.496 e. The number of benzene rings is 2. The number of rotatable bonds is 4. The lowest BCUT2D eigenvalue weighted by Crippen LogP contribution is -2.41. The first kappa shape index (κ1) is 14.1. The van der Waals surface area contributed by atoms with Gasteiger partial charge in [0.2, 0.25) is 0 Å². The molecule has 0 heterocycles. The van der Waals surface area contributed by atoms with Crippen LogP contribution in [-0.2, 0) is 5.54 Å². The average Bonchev–Trinajstić information content (AvgIpc) is 2.47. The number of hydrogen-bond donors (Lipinski definition) is 1. The van der Waals surface area contributed by atoms with Crippen molar-refractivity contribution in [3.8, 4) is 5.75 Å². The molecule has 2 rings (SSSR count). The predicted molar refractivity (Wildman–Crippen MR) is 79.9 cm³/mol. The zero-order valence-electron chi connectivity index (χ0n) is 12.0. The minimum Gasteiger partial charge on any atom is -0.496 e. The summed E-state index contributed by atoms with van der Waals surface area (Å²) in [6, 6.07) is 17.1. The molecule has 0 saturated carbocycles. The van der Waals surface area contributed by atoms with Crippen LogP contribution in [0.25, 0.3) is 0 Å². The van der Waals surface area contributed by atoms with Gasteiger partial charge in [0.05, 0.1) is 18.2 Å². The van der Waals surface area contributed by atoms with Gasteiger partial charge >= 0.3 is 0 Å². The maximum absolute atomic E-state index is 12.4. The molecule has 3 heteroatoms. The third-order valence-electron chi connectivity index (χ3n) is 3.27. The lowest BCUT2D eigenvalue weighted by atomic mass is 9.94. The van der Waals surface area contributed by atoms with E-state index in [0.717, 1.165) is 5.56 Å². The predicted octanol–water partition coefficient (Wildman–Crippen LogP) is 3.36. The second-order valence-corrected chi connectivity index (χ2v) is 5.15. The van der Waals surface area contributed by atoms with Gasteiger partial charge < -0.3 is 10.1 Å². The fourth-order valence-electron chi connectivity index (χ4n) is 2.11. The van der Waals surface area contributed by atoms with Crippen molar-refractivity contribution in [2.75, 3.05) is 7.11 Å². The first-order valence-electron chi connectivity index (χ1n) is 6.55. The number of para-hydroxylation sites is 1. The van der Waals surface area contributed by atoms with Gasteiger partial charge in [-0.15, -0.1) is 0 Å². The van der Waals surface area contributed by atoms with E-state index >= 15 is 0 Å². The molecular weight excluding hydrogens is 250 g/mol. The molecule has 0 saturated heterocycles. The van der Waals surface area contributed by atoms with Crippen LogP contribution in [0.3, 0.4) is 0 Å². The molecule has 3 nitrogen and oxygen atoms in total. The molecule has 0 fully saturated rings. The lowest BCUT2D eigenvalue weighted by Gasteiger charge is -2.27. The van der Waals surface area contributed by atoms with Crippen molar-refractivity contribution in [2.24, 2.45) is 0 Å². The summed E-state index contributed by atoms with van der Waals surface area (Å²) in [6.45, 7) is 3.96. The molecule has 104 valence electrons. The number of carbonyl (C=O) groups excluding carboxylic acids is 1. The van der Waals surface area contributed by atoms with Crippen LogP contribution in [0.1, 0.15) is 29.8 Å². The van der Waals surface area contributed by atoms with Gasteiger partial charge in [0, 0.05) is 0 Å². The molecule has 2 aromatic carbocycles. The Morgan fingerprint density at radius 3 is 2.25 bits per heavy atom. The first-order chi connectivity index (χ1) is 9.54. The third kappa shape index (κ3) is 2.99. The van der Waals surface area contributed by atoms with Crippen LogP contribution in [-0.4, -0.2) is 13.0 Å². The molecule has 2 aromatic rings. The maximum Gasteiger partial charge on any atom is 0.255 e. The summed E-state index contributed by atoms with van der Waals surface area (Å²) >= 11 is 0. The summed E-state index contributed by atoms with van der Waals surface area (Å²) in [4.78, 5) is 12.4. The summed E-state index contributed by atoms with van der Waals surface area (Å²) in [5.41, 5.74) is 1.15. The van der Waals surface area contributed by atoms with Crippen LogP contribution < -0.4 is 10.1 Å². The summed E-state index contributed by atoms with van der Waals surface area (Å²) < 4.78 is 5.23. The Kier molecular flexibility index (Phi) is 4.08. The first-order valence-corrected chi connectivity index (χ1v) is 6.55. The Morgan fingerprint density at radius 1 is 1.00 bits per heavy atom. The molecule has 0 bridgehead atoms. The molecule has 0 spiro atoms. The monoisotopic (exact) mass is 269 g/mol. The standard InChI is InChI=1S/C17H19NO2/c1-17(2,13-9-5-4-6-10-13)18-16(19)14-11-7-8-12-15(14)20-3/h4-12H,1-3H3,(H,18,19). The summed E-state index contributed by atoms with van der Waals surface area (Å²) in [7, 11) is 1.56. The smallest absolute Gasteiger partial charge is 0.255 e. The van der Waals surface area contributed by atoms with Crippen LogP contribution in [0.4, 0.5) is 0 Å². The molecule has 0 aliphatic carbocycles. The van der Waals surface area contributed by atoms with Gasteiger partial charge in [0.15, 0.2) is 0 Å². The fraction of sp³-hybridized carbons (Fsp3) is 0.235. The average molecular weight is 269 g/mol. The highest BCUT2D eigenvalue weighted by Gasteiger charge is 2.24. The Bertz CT molecular complexity index is 591. The van der Waals surface area contributed by atoms with Crippen molar-refractivity contribution in [2.45, 2.75) is 19.4 Å². The van der Waals surface area contributed by atoms with E-state index in [1.807, 2.05) is 56.3 Å². The van der Waals surface area contributed by atoms with Gasteiger partial charge in [-0.25, -0.2) is 0 Å². The van der Waals surface area contributed by atoms with E-state index in [4.69, 9.17) is 4.74 Å². The van der Waals surface area contributed by atoms with Crippen LogP contribution in [0.5, 0.6) is 5.75 Å². The zero-order valence-corrected chi connectivity index (χ0v) is 12.0. The third-order valence-corrected chi connectivity index (χ3v) is 3.27. The summed E-state index contributed by atoms with van der Waals surface area (Å²) in [5.74, 6) is 0.435. The van der Waals surface area contributed by atoms with Crippen molar-refractivity contribution < 1.29 is 9.53 Å². The minimum atomic E-state index is -0.445. The highest BCUT2D eigenvalue weighted by molar-refractivity contribution is 5.97. The second kappa shape index (κ2) is 5.78. The SMILES string of the molecule is COc1ccccc1C(=O)NC(C)(C)c1ccccc1. The van der Waals surface area contributed by atoms with Crippen LogP contribution >= 0.6 is 0 Å². The van der Waals surface area contributed by atoms with E-state index in [1.54, 1.807) is 19.2 Å². The van der Waals surface area contributed by atoms with Crippen molar-refractivity contribution >= 4 is 5.91 Å². The van der Waals surface area contributed by atoms with E-state index in [2.05, 4.69) is 5.32 Å². The van der Waals surface area contributed by atoms with Crippen LogP contribution in [0.2, 0.25) is 0 Å². The number of ether oxygens (including phenoxy) is 1. The molecule has 1 N–H and O–H groups in total. The van der Waals surface area contributed by atoms with Crippen LogP contribution in [0, 0.1) is 0 Å². The topological polar surface area (TPSA) is 38.3 Å². The van der Waals surface area contributed by atoms with Gasteiger partial charge in [-0.3, -0.25) is 4.79 Å². The Balaban J connectivity index is 2.23. The highest BCUT2D eigenvalue weighted by atomic mass is 16.5. The van der Waals surface area contributed by atoms with E-state index in [9.17, 15) is 4.79 Å². The molecular formula is C17H19NO2. The Morgan fingerprint density at radius 2 is 1.60 bits per heavy atom. The molecule has 0 atom stereocenters. The summed E-state index contributed by atoms with van der Waals surface area (Å²) in [5, 5.41) is 3.04. The van der Waals surface area contributed by atoms with E-state index in [1.165, 1.54) is 0 Å². The van der Waals surface area contributed by atoms with Crippen molar-refractivity contribution in [3.05, 3.63) is 65.7 Å².